The maximum atomic E-state index is 12.5. The predicted molar refractivity (Wildman–Crippen MR) is 103 cm³/mol. The molecule has 2 rings (SSSR count). The molecule has 0 amide bonds. The van der Waals surface area contributed by atoms with Crippen molar-refractivity contribution in [2.75, 3.05) is 26.1 Å². The van der Waals surface area contributed by atoms with Gasteiger partial charge in [0.2, 0.25) is 0 Å². The number of rotatable bonds is 8. The van der Waals surface area contributed by atoms with E-state index in [-0.39, 0.29) is 21.9 Å². The zero-order chi connectivity index (χ0) is 21.4. The van der Waals surface area contributed by atoms with Gasteiger partial charge in [-0.2, -0.15) is 23.7 Å². The number of ether oxygens (including phenoxy) is 2. The normalized spacial score (nSPS) is 11.0. The highest BCUT2D eigenvalue weighted by atomic mass is 32.2. The standard InChI is InChI=1S/C20H18F3N3O2S/c1-13-16(11-24)18(14-3-5-15(6-4-14)28-9-8-27-2)17(12-25)19(26-13)29-10-7-20(21,22)23/h3-6H,7-10H2,1-2H3. The monoisotopic (exact) mass is 421 g/mol. The molecule has 0 saturated heterocycles. The first-order valence-corrected chi connectivity index (χ1v) is 9.55. The summed E-state index contributed by atoms with van der Waals surface area (Å²) in [5, 5.41) is 19.4. The first-order chi connectivity index (χ1) is 13.8. The molecule has 0 fully saturated rings. The molecule has 0 radical (unpaired) electrons. The number of hydrogen-bond donors (Lipinski definition) is 0. The lowest BCUT2D eigenvalue weighted by Gasteiger charge is -2.14. The van der Waals surface area contributed by atoms with E-state index in [0.717, 1.165) is 11.8 Å². The van der Waals surface area contributed by atoms with E-state index in [1.54, 1.807) is 38.3 Å². The van der Waals surface area contributed by atoms with Crippen molar-refractivity contribution in [2.45, 2.75) is 24.5 Å². The van der Waals surface area contributed by atoms with E-state index in [2.05, 4.69) is 11.1 Å². The number of pyridine rings is 1. The van der Waals surface area contributed by atoms with Crippen LogP contribution in [-0.4, -0.2) is 37.2 Å². The van der Waals surface area contributed by atoms with Crippen LogP contribution < -0.4 is 4.74 Å². The Kier molecular flexibility index (Phi) is 7.89. The van der Waals surface area contributed by atoms with Crippen molar-refractivity contribution in [1.82, 2.24) is 4.98 Å². The second-order valence-electron chi connectivity index (χ2n) is 5.93. The molecule has 152 valence electrons. The van der Waals surface area contributed by atoms with Crippen LogP contribution in [-0.2, 0) is 4.74 Å². The number of nitriles is 2. The summed E-state index contributed by atoms with van der Waals surface area (Å²) in [5.74, 6) is 0.329. The fraction of sp³-hybridized carbons (Fsp3) is 0.350. The third kappa shape index (κ3) is 6.11. The molecule has 5 nitrogen and oxygen atoms in total. The highest BCUT2D eigenvalue weighted by Crippen LogP contribution is 2.36. The molecule has 1 aromatic carbocycles. The second kappa shape index (κ2) is 10.1. The van der Waals surface area contributed by atoms with Crippen LogP contribution in [0.4, 0.5) is 13.2 Å². The van der Waals surface area contributed by atoms with Crippen LogP contribution in [0.25, 0.3) is 11.1 Å². The van der Waals surface area contributed by atoms with E-state index in [4.69, 9.17) is 9.47 Å². The molecule has 1 aromatic heterocycles. The van der Waals surface area contributed by atoms with E-state index in [9.17, 15) is 23.7 Å². The third-order valence-corrected chi connectivity index (χ3v) is 4.87. The largest absolute Gasteiger partial charge is 0.491 e. The smallest absolute Gasteiger partial charge is 0.389 e. The molecule has 0 bridgehead atoms. The molecule has 29 heavy (non-hydrogen) atoms. The number of benzene rings is 1. The molecule has 0 N–H and O–H groups in total. The van der Waals surface area contributed by atoms with Gasteiger partial charge in [0.15, 0.2) is 0 Å². The fourth-order valence-electron chi connectivity index (χ4n) is 2.53. The molecule has 0 unspecified atom stereocenters. The van der Waals surface area contributed by atoms with Gasteiger partial charge in [0.1, 0.15) is 29.5 Å². The minimum absolute atomic E-state index is 0.0902. The van der Waals surface area contributed by atoms with Gasteiger partial charge in [-0.05, 0) is 24.6 Å². The summed E-state index contributed by atoms with van der Waals surface area (Å²) in [4.78, 5) is 4.20. The Hall–Kier alpha value is -2.75. The van der Waals surface area contributed by atoms with Gasteiger partial charge in [-0.1, -0.05) is 12.1 Å². The summed E-state index contributed by atoms with van der Waals surface area (Å²) < 4.78 is 47.8. The molecule has 1 heterocycles. The van der Waals surface area contributed by atoms with Gasteiger partial charge in [0, 0.05) is 18.4 Å². The van der Waals surface area contributed by atoms with Crippen molar-refractivity contribution in [1.29, 1.82) is 10.5 Å². The van der Waals surface area contributed by atoms with Crippen LogP contribution in [0, 0.1) is 29.6 Å². The lowest BCUT2D eigenvalue weighted by molar-refractivity contribution is -0.129. The average Bonchev–Trinajstić information content (AvgIpc) is 2.67. The molecule has 0 aliphatic rings. The molecule has 0 aliphatic carbocycles. The maximum Gasteiger partial charge on any atom is 0.389 e. The zero-order valence-electron chi connectivity index (χ0n) is 15.8. The zero-order valence-corrected chi connectivity index (χ0v) is 16.7. The van der Waals surface area contributed by atoms with Gasteiger partial charge in [-0.25, -0.2) is 4.98 Å². The van der Waals surface area contributed by atoms with Crippen molar-refractivity contribution in [3.8, 4) is 29.0 Å². The molecule has 9 heteroatoms. The van der Waals surface area contributed by atoms with Crippen LogP contribution in [0.3, 0.4) is 0 Å². The van der Waals surface area contributed by atoms with Gasteiger partial charge >= 0.3 is 6.18 Å². The first kappa shape index (κ1) is 22.5. The summed E-state index contributed by atoms with van der Waals surface area (Å²) in [6, 6.07) is 10.8. The van der Waals surface area contributed by atoms with E-state index in [1.165, 1.54) is 0 Å². The summed E-state index contributed by atoms with van der Waals surface area (Å²) in [5.41, 5.74) is 1.61. The highest BCUT2D eigenvalue weighted by Gasteiger charge is 2.27. The number of halogens is 3. The number of aromatic nitrogens is 1. The van der Waals surface area contributed by atoms with Crippen molar-refractivity contribution in [3.63, 3.8) is 0 Å². The molecular formula is C20H18F3N3O2S. The van der Waals surface area contributed by atoms with Gasteiger partial charge in [-0.3, -0.25) is 0 Å². The summed E-state index contributed by atoms with van der Waals surface area (Å²) in [7, 11) is 1.56. The van der Waals surface area contributed by atoms with Crippen LogP contribution in [0.15, 0.2) is 29.3 Å². The number of methoxy groups -OCH3 is 1. The molecule has 0 atom stereocenters. The average molecular weight is 421 g/mol. The predicted octanol–water partition coefficient (Wildman–Crippen LogP) is 4.87. The Morgan fingerprint density at radius 3 is 2.28 bits per heavy atom. The highest BCUT2D eigenvalue weighted by molar-refractivity contribution is 7.99. The fourth-order valence-corrected chi connectivity index (χ4v) is 3.56. The lowest BCUT2D eigenvalue weighted by Crippen LogP contribution is -2.08. The van der Waals surface area contributed by atoms with Gasteiger partial charge in [0.05, 0.1) is 29.8 Å². The third-order valence-electron chi connectivity index (χ3n) is 3.89. The Morgan fingerprint density at radius 1 is 1.07 bits per heavy atom. The van der Waals surface area contributed by atoms with E-state index < -0.39 is 12.6 Å². The summed E-state index contributed by atoms with van der Waals surface area (Å²) in [6.07, 6.45) is -5.28. The number of alkyl halides is 3. The van der Waals surface area contributed by atoms with E-state index >= 15 is 0 Å². The molecule has 0 saturated carbocycles. The minimum atomic E-state index is -4.29. The molecule has 0 spiro atoms. The molecular weight excluding hydrogens is 403 g/mol. The SMILES string of the molecule is COCCOc1ccc(-c2c(C#N)c(C)nc(SCCC(F)(F)F)c2C#N)cc1. The van der Waals surface area contributed by atoms with Crippen LogP contribution >= 0.6 is 11.8 Å². The Bertz CT molecular complexity index is 932. The van der Waals surface area contributed by atoms with E-state index in [0.29, 0.717) is 35.8 Å². The summed E-state index contributed by atoms with van der Waals surface area (Å²) >= 11 is 0.856. The van der Waals surface area contributed by atoms with E-state index in [1.807, 2.05) is 6.07 Å². The van der Waals surface area contributed by atoms with Crippen molar-refractivity contribution >= 4 is 11.8 Å². The van der Waals surface area contributed by atoms with Crippen molar-refractivity contribution < 1.29 is 22.6 Å². The van der Waals surface area contributed by atoms with Gasteiger partial charge in [0.25, 0.3) is 0 Å². The number of aryl methyl sites for hydroxylation is 1. The quantitative estimate of drug-likeness (QED) is 0.447. The molecule has 0 aliphatic heterocycles. The number of thioether (sulfide) groups is 1. The van der Waals surface area contributed by atoms with Crippen LogP contribution in [0.2, 0.25) is 0 Å². The van der Waals surface area contributed by atoms with Crippen molar-refractivity contribution in [2.24, 2.45) is 0 Å². The van der Waals surface area contributed by atoms with Gasteiger partial charge in [-0.15, -0.1) is 11.8 Å². The summed E-state index contributed by atoms with van der Waals surface area (Å²) in [6.45, 7) is 2.40. The lowest BCUT2D eigenvalue weighted by atomic mass is 9.95. The van der Waals surface area contributed by atoms with Crippen LogP contribution in [0.5, 0.6) is 5.75 Å². The topological polar surface area (TPSA) is 78.9 Å². The molecule has 2 aromatic rings. The minimum Gasteiger partial charge on any atom is -0.491 e. The second-order valence-corrected chi connectivity index (χ2v) is 7.01. The van der Waals surface area contributed by atoms with Crippen molar-refractivity contribution in [3.05, 3.63) is 41.1 Å². The number of nitrogens with zero attached hydrogens (tertiary/aromatic N) is 3. The Labute approximate surface area is 171 Å². The number of hydrogen-bond acceptors (Lipinski definition) is 6. The Balaban J connectivity index is 2.41. The maximum absolute atomic E-state index is 12.5. The van der Waals surface area contributed by atoms with Gasteiger partial charge < -0.3 is 9.47 Å². The Morgan fingerprint density at radius 2 is 1.72 bits per heavy atom. The van der Waals surface area contributed by atoms with Crippen LogP contribution in [0.1, 0.15) is 23.2 Å². The first-order valence-electron chi connectivity index (χ1n) is 8.57.